The number of carbonyl (C=O) groups is 2. The van der Waals surface area contributed by atoms with Gasteiger partial charge in [-0.25, -0.2) is 0 Å². The molecule has 2 rings (SSSR count). The zero-order chi connectivity index (χ0) is 14.5. The Morgan fingerprint density at radius 3 is 2.29 bits per heavy atom. The summed E-state index contributed by atoms with van der Waals surface area (Å²) in [5, 5.41) is 5.99. The van der Waals surface area contributed by atoms with E-state index in [9.17, 15) is 9.59 Å². The molecule has 5 nitrogen and oxygen atoms in total. The zero-order valence-electron chi connectivity index (χ0n) is 12.4. The van der Waals surface area contributed by atoms with E-state index in [4.69, 9.17) is 0 Å². The van der Waals surface area contributed by atoms with Gasteiger partial charge in [-0.3, -0.25) is 9.59 Å². The molecule has 21 heavy (non-hydrogen) atoms. The number of hydrogen-bond donors (Lipinski definition) is 2. The first-order valence-electron chi connectivity index (χ1n) is 6.93. The van der Waals surface area contributed by atoms with Gasteiger partial charge in [0, 0.05) is 31.3 Å². The molecule has 0 aliphatic carbocycles. The van der Waals surface area contributed by atoms with Crippen molar-refractivity contribution in [3.8, 4) is 0 Å². The van der Waals surface area contributed by atoms with Crippen LogP contribution in [0.5, 0.6) is 0 Å². The van der Waals surface area contributed by atoms with Gasteiger partial charge in [0.1, 0.15) is 0 Å². The Bertz CT molecular complexity index is 484. The Kier molecular flexibility index (Phi) is 6.65. The summed E-state index contributed by atoms with van der Waals surface area (Å²) in [5.41, 5.74) is 1.36. The lowest BCUT2D eigenvalue weighted by Crippen LogP contribution is -2.43. The van der Waals surface area contributed by atoms with E-state index in [-0.39, 0.29) is 24.2 Å². The maximum Gasteiger partial charge on any atom is 0.253 e. The van der Waals surface area contributed by atoms with Crippen LogP contribution in [0, 0.1) is 0 Å². The highest BCUT2D eigenvalue weighted by atomic mass is 35.5. The van der Waals surface area contributed by atoms with Gasteiger partial charge < -0.3 is 15.5 Å². The van der Waals surface area contributed by atoms with E-state index >= 15 is 0 Å². The number of nitrogens with zero attached hydrogens (tertiary/aromatic N) is 1. The summed E-state index contributed by atoms with van der Waals surface area (Å²) in [6.45, 7) is 3.39. The molecule has 6 heteroatoms. The van der Waals surface area contributed by atoms with Gasteiger partial charge in [0.15, 0.2) is 0 Å². The minimum absolute atomic E-state index is 0. The zero-order valence-corrected chi connectivity index (χ0v) is 13.2. The van der Waals surface area contributed by atoms with Crippen molar-refractivity contribution in [2.75, 3.05) is 25.5 Å². The van der Waals surface area contributed by atoms with Crippen molar-refractivity contribution in [2.45, 2.75) is 25.8 Å². The molecule has 1 aliphatic rings. The van der Waals surface area contributed by atoms with Crippen LogP contribution in [0.1, 0.15) is 30.1 Å². The van der Waals surface area contributed by atoms with Gasteiger partial charge >= 0.3 is 0 Å². The van der Waals surface area contributed by atoms with Gasteiger partial charge in [0.25, 0.3) is 5.91 Å². The number of benzene rings is 1. The molecule has 1 saturated heterocycles. The van der Waals surface area contributed by atoms with Gasteiger partial charge in [0.2, 0.25) is 5.91 Å². The summed E-state index contributed by atoms with van der Waals surface area (Å²) < 4.78 is 0. The number of carbonyl (C=O) groups excluding carboxylic acids is 2. The van der Waals surface area contributed by atoms with Crippen LogP contribution in [0.2, 0.25) is 0 Å². The fourth-order valence-electron chi connectivity index (χ4n) is 2.46. The quantitative estimate of drug-likeness (QED) is 0.896. The summed E-state index contributed by atoms with van der Waals surface area (Å²) in [6, 6.07) is 7.32. The van der Waals surface area contributed by atoms with E-state index in [1.54, 1.807) is 24.3 Å². The highest BCUT2D eigenvalue weighted by Gasteiger charge is 2.22. The Morgan fingerprint density at radius 1 is 1.19 bits per heavy atom. The largest absolute Gasteiger partial charge is 0.339 e. The summed E-state index contributed by atoms with van der Waals surface area (Å²) in [5.74, 6) is -0.0813. The standard InChI is InChI=1S/C15H21N3O2.ClH/c1-11(19)17-13-5-3-12(4-6-13)15(20)18(2)14-7-9-16-10-8-14;/h3-6,14,16H,7-10H2,1-2H3,(H,17,19);1H. The molecule has 0 atom stereocenters. The van der Waals surface area contributed by atoms with E-state index < -0.39 is 0 Å². The number of rotatable bonds is 3. The average molecular weight is 312 g/mol. The molecule has 1 aliphatic heterocycles. The topological polar surface area (TPSA) is 61.4 Å². The molecule has 116 valence electrons. The van der Waals surface area contributed by atoms with Crippen molar-refractivity contribution in [2.24, 2.45) is 0 Å². The first kappa shape index (κ1) is 17.5. The lowest BCUT2D eigenvalue weighted by Gasteiger charge is -2.31. The third kappa shape index (κ3) is 4.72. The third-order valence-corrected chi connectivity index (χ3v) is 3.63. The van der Waals surface area contributed by atoms with Crippen molar-refractivity contribution in [3.63, 3.8) is 0 Å². The highest BCUT2D eigenvalue weighted by Crippen LogP contribution is 2.15. The molecule has 2 N–H and O–H groups in total. The molecule has 1 heterocycles. The molecule has 1 aromatic rings. The lowest BCUT2D eigenvalue weighted by atomic mass is 10.0. The van der Waals surface area contributed by atoms with Crippen LogP contribution in [0.15, 0.2) is 24.3 Å². The Balaban J connectivity index is 0.00000220. The molecule has 1 fully saturated rings. The molecular formula is C15H22ClN3O2. The Morgan fingerprint density at radius 2 is 1.76 bits per heavy atom. The summed E-state index contributed by atoms with van der Waals surface area (Å²) >= 11 is 0. The molecule has 0 saturated carbocycles. The molecule has 0 bridgehead atoms. The molecule has 0 radical (unpaired) electrons. The van der Waals surface area contributed by atoms with E-state index in [0.29, 0.717) is 17.3 Å². The van der Waals surface area contributed by atoms with Gasteiger partial charge in [-0.1, -0.05) is 0 Å². The van der Waals surface area contributed by atoms with Crippen molar-refractivity contribution >= 4 is 29.9 Å². The summed E-state index contributed by atoms with van der Waals surface area (Å²) in [6.07, 6.45) is 1.98. The van der Waals surface area contributed by atoms with Gasteiger partial charge in [0.05, 0.1) is 0 Å². The second-order valence-corrected chi connectivity index (χ2v) is 5.16. The van der Waals surface area contributed by atoms with E-state index in [1.807, 2.05) is 11.9 Å². The van der Waals surface area contributed by atoms with Crippen LogP contribution < -0.4 is 10.6 Å². The van der Waals surface area contributed by atoms with Gasteiger partial charge in [-0.05, 0) is 50.2 Å². The van der Waals surface area contributed by atoms with E-state index in [2.05, 4.69) is 10.6 Å². The average Bonchev–Trinajstić information content (AvgIpc) is 2.47. The second kappa shape index (κ2) is 8.00. The predicted octanol–water partition coefficient (Wildman–Crippen LogP) is 1.89. The number of amides is 2. The second-order valence-electron chi connectivity index (χ2n) is 5.16. The van der Waals surface area contributed by atoms with Crippen LogP contribution >= 0.6 is 12.4 Å². The lowest BCUT2D eigenvalue weighted by molar-refractivity contribution is -0.114. The minimum atomic E-state index is -0.115. The maximum atomic E-state index is 12.4. The molecular weight excluding hydrogens is 290 g/mol. The maximum absolute atomic E-state index is 12.4. The molecule has 0 aromatic heterocycles. The van der Waals surface area contributed by atoms with Gasteiger partial charge in [-0.2, -0.15) is 0 Å². The smallest absolute Gasteiger partial charge is 0.253 e. The molecule has 0 spiro atoms. The monoisotopic (exact) mass is 311 g/mol. The highest BCUT2D eigenvalue weighted by molar-refractivity contribution is 5.95. The van der Waals surface area contributed by atoms with Crippen LogP contribution in [-0.2, 0) is 4.79 Å². The molecule has 0 unspecified atom stereocenters. The fourth-order valence-corrected chi connectivity index (χ4v) is 2.46. The van der Waals surface area contributed by atoms with Crippen molar-refractivity contribution in [3.05, 3.63) is 29.8 Å². The molecule has 2 amide bonds. The predicted molar refractivity (Wildman–Crippen MR) is 86.0 cm³/mol. The Labute approximate surface area is 131 Å². The molecule has 1 aromatic carbocycles. The summed E-state index contributed by atoms with van der Waals surface area (Å²) in [4.78, 5) is 25.2. The minimum Gasteiger partial charge on any atom is -0.339 e. The number of hydrogen-bond acceptors (Lipinski definition) is 3. The van der Waals surface area contributed by atoms with Crippen molar-refractivity contribution < 1.29 is 9.59 Å². The van der Waals surface area contributed by atoms with E-state index in [1.165, 1.54) is 6.92 Å². The first-order valence-corrected chi connectivity index (χ1v) is 6.93. The van der Waals surface area contributed by atoms with Crippen molar-refractivity contribution in [1.29, 1.82) is 0 Å². The number of halogens is 1. The number of anilines is 1. The summed E-state index contributed by atoms with van der Waals surface area (Å²) in [7, 11) is 1.86. The van der Waals surface area contributed by atoms with Crippen LogP contribution in [-0.4, -0.2) is 42.9 Å². The first-order chi connectivity index (χ1) is 9.58. The van der Waals surface area contributed by atoms with Crippen molar-refractivity contribution in [1.82, 2.24) is 10.2 Å². The Hall–Kier alpha value is -1.59. The number of piperidine rings is 1. The normalized spacial score (nSPS) is 15.0. The van der Waals surface area contributed by atoms with E-state index in [0.717, 1.165) is 25.9 Å². The SMILES string of the molecule is CC(=O)Nc1ccc(C(=O)N(C)C2CCNCC2)cc1.Cl. The number of nitrogens with one attached hydrogen (secondary N) is 2. The van der Waals surface area contributed by atoms with Crippen LogP contribution in [0.3, 0.4) is 0 Å². The third-order valence-electron chi connectivity index (χ3n) is 3.63. The van der Waals surface area contributed by atoms with Crippen LogP contribution in [0.4, 0.5) is 5.69 Å². The fraction of sp³-hybridized carbons (Fsp3) is 0.467. The van der Waals surface area contributed by atoms with Crippen LogP contribution in [0.25, 0.3) is 0 Å². The van der Waals surface area contributed by atoms with Gasteiger partial charge in [-0.15, -0.1) is 12.4 Å².